The van der Waals surface area contributed by atoms with Crippen LogP contribution in [0, 0.1) is 6.92 Å². The molecule has 2 N–H and O–H groups in total. The van der Waals surface area contributed by atoms with Gasteiger partial charge in [0.2, 0.25) is 0 Å². The quantitative estimate of drug-likeness (QED) is 0.827. The minimum atomic E-state index is -0.648. The molecule has 16 heavy (non-hydrogen) atoms. The van der Waals surface area contributed by atoms with Crippen LogP contribution in [0.2, 0.25) is 0 Å². The third-order valence-corrected chi connectivity index (χ3v) is 3.30. The van der Waals surface area contributed by atoms with Gasteiger partial charge in [-0.3, -0.25) is 4.79 Å². The second-order valence-corrected chi connectivity index (χ2v) is 4.45. The van der Waals surface area contributed by atoms with E-state index < -0.39 is 5.54 Å². The van der Waals surface area contributed by atoms with Crippen LogP contribution in [0.4, 0.5) is 0 Å². The molecule has 0 aliphatic heterocycles. The third-order valence-electron chi connectivity index (χ3n) is 3.30. The van der Waals surface area contributed by atoms with Gasteiger partial charge in [-0.1, -0.05) is 43.7 Å². The molecule has 0 amide bonds. The zero-order valence-corrected chi connectivity index (χ0v) is 10.4. The number of Topliss-reactive ketones (excluding diaryl/α,β-unsaturated/α-hetero) is 1. The SMILES string of the molecule is CCC(N)(CC)C(=O)Cc1ccc(C)cc1. The number of hydrogen-bond donors (Lipinski definition) is 1. The van der Waals surface area contributed by atoms with Crippen molar-refractivity contribution in [3.05, 3.63) is 35.4 Å². The number of carbonyl (C=O) groups excluding carboxylic acids is 1. The molecule has 0 saturated carbocycles. The maximum atomic E-state index is 12.1. The van der Waals surface area contributed by atoms with Gasteiger partial charge in [0.1, 0.15) is 0 Å². The summed E-state index contributed by atoms with van der Waals surface area (Å²) >= 11 is 0. The van der Waals surface area contributed by atoms with Gasteiger partial charge in [-0.05, 0) is 25.3 Å². The van der Waals surface area contributed by atoms with Gasteiger partial charge in [-0.2, -0.15) is 0 Å². The zero-order valence-electron chi connectivity index (χ0n) is 10.4. The topological polar surface area (TPSA) is 43.1 Å². The number of carbonyl (C=O) groups is 1. The highest BCUT2D eigenvalue weighted by molar-refractivity contribution is 5.89. The van der Waals surface area contributed by atoms with Crippen LogP contribution in [0.3, 0.4) is 0 Å². The third kappa shape index (κ3) is 2.92. The summed E-state index contributed by atoms with van der Waals surface area (Å²) in [6, 6.07) is 8.05. The van der Waals surface area contributed by atoms with E-state index in [0.717, 1.165) is 5.56 Å². The fraction of sp³-hybridized carbons (Fsp3) is 0.500. The molecule has 0 unspecified atom stereocenters. The summed E-state index contributed by atoms with van der Waals surface area (Å²) < 4.78 is 0. The van der Waals surface area contributed by atoms with Crippen LogP contribution in [0.5, 0.6) is 0 Å². The Labute approximate surface area is 97.9 Å². The molecular formula is C14H21NO. The first-order chi connectivity index (χ1) is 7.51. The van der Waals surface area contributed by atoms with Crippen molar-refractivity contribution in [3.8, 4) is 0 Å². The molecule has 1 rings (SSSR count). The molecule has 1 aromatic rings. The molecule has 0 radical (unpaired) electrons. The number of benzene rings is 1. The number of ketones is 1. The summed E-state index contributed by atoms with van der Waals surface area (Å²) in [7, 11) is 0. The molecule has 1 aromatic carbocycles. The first-order valence-electron chi connectivity index (χ1n) is 5.89. The summed E-state index contributed by atoms with van der Waals surface area (Å²) in [6.07, 6.45) is 1.85. The van der Waals surface area contributed by atoms with Gasteiger partial charge >= 0.3 is 0 Å². The predicted octanol–water partition coefficient (Wildman–Crippen LogP) is 2.62. The van der Waals surface area contributed by atoms with Crippen molar-refractivity contribution in [2.24, 2.45) is 5.73 Å². The predicted molar refractivity (Wildman–Crippen MR) is 67.4 cm³/mol. The molecule has 88 valence electrons. The monoisotopic (exact) mass is 219 g/mol. The smallest absolute Gasteiger partial charge is 0.156 e. The van der Waals surface area contributed by atoms with Crippen LogP contribution in [0.15, 0.2) is 24.3 Å². The second-order valence-electron chi connectivity index (χ2n) is 4.45. The molecule has 0 aliphatic rings. The Morgan fingerprint density at radius 2 is 1.69 bits per heavy atom. The standard InChI is InChI=1S/C14H21NO/c1-4-14(15,5-2)13(16)10-12-8-6-11(3)7-9-12/h6-9H,4-5,10,15H2,1-3H3. The first kappa shape index (κ1) is 12.9. The fourth-order valence-corrected chi connectivity index (χ4v) is 1.71. The lowest BCUT2D eigenvalue weighted by molar-refractivity contribution is -0.123. The van der Waals surface area contributed by atoms with E-state index in [1.807, 2.05) is 45.0 Å². The van der Waals surface area contributed by atoms with Gasteiger partial charge < -0.3 is 5.73 Å². The molecule has 0 bridgehead atoms. The minimum Gasteiger partial charge on any atom is -0.319 e. The van der Waals surface area contributed by atoms with Gasteiger partial charge in [0, 0.05) is 6.42 Å². The Morgan fingerprint density at radius 1 is 1.19 bits per heavy atom. The van der Waals surface area contributed by atoms with E-state index in [4.69, 9.17) is 5.73 Å². The van der Waals surface area contributed by atoms with Gasteiger partial charge in [-0.25, -0.2) is 0 Å². The molecule has 0 fully saturated rings. The van der Waals surface area contributed by atoms with Crippen LogP contribution < -0.4 is 5.73 Å². The van der Waals surface area contributed by atoms with Crippen molar-refractivity contribution in [2.75, 3.05) is 0 Å². The summed E-state index contributed by atoms with van der Waals surface area (Å²) in [5.41, 5.74) is 7.68. The lowest BCUT2D eigenvalue weighted by atomic mass is 9.86. The molecule has 0 saturated heterocycles. The Kier molecular flexibility index (Phi) is 4.25. The maximum absolute atomic E-state index is 12.1. The van der Waals surface area contributed by atoms with E-state index in [9.17, 15) is 4.79 Å². The van der Waals surface area contributed by atoms with Gasteiger partial charge in [0.05, 0.1) is 5.54 Å². The molecule has 0 spiro atoms. The van der Waals surface area contributed by atoms with Crippen molar-refractivity contribution < 1.29 is 4.79 Å². The fourth-order valence-electron chi connectivity index (χ4n) is 1.71. The Balaban J connectivity index is 2.74. The van der Waals surface area contributed by atoms with E-state index in [0.29, 0.717) is 19.3 Å². The van der Waals surface area contributed by atoms with E-state index in [2.05, 4.69) is 0 Å². The number of aryl methyl sites for hydroxylation is 1. The van der Waals surface area contributed by atoms with Crippen LogP contribution >= 0.6 is 0 Å². The number of nitrogens with two attached hydrogens (primary N) is 1. The highest BCUT2D eigenvalue weighted by Gasteiger charge is 2.29. The summed E-state index contributed by atoms with van der Waals surface area (Å²) in [5.74, 6) is 0.140. The van der Waals surface area contributed by atoms with Gasteiger partial charge in [0.15, 0.2) is 5.78 Å². The van der Waals surface area contributed by atoms with Crippen molar-refractivity contribution in [3.63, 3.8) is 0 Å². The van der Waals surface area contributed by atoms with Crippen LogP contribution in [-0.4, -0.2) is 11.3 Å². The van der Waals surface area contributed by atoms with Crippen LogP contribution in [-0.2, 0) is 11.2 Å². The minimum absolute atomic E-state index is 0.140. The largest absolute Gasteiger partial charge is 0.319 e. The Bertz CT molecular complexity index is 350. The normalized spacial score (nSPS) is 11.5. The highest BCUT2D eigenvalue weighted by atomic mass is 16.1. The highest BCUT2D eigenvalue weighted by Crippen LogP contribution is 2.16. The maximum Gasteiger partial charge on any atom is 0.156 e. The molecular weight excluding hydrogens is 198 g/mol. The summed E-state index contributed by atoms with van der Waals surface area (Å²) in [5, 5.41) is 0. The lowest BCUT2D eigenvalue weighted by Gasteiger charge is -2.24. The van der Waals surface area contributed by atoms with Gasteiger partial charge in [0.25, 0.3) is 0 Å². The molecule has 0 aromatic heterocycles. The average Bonchev–Trinajstić information content (AvgIpc) is 2.31. The Morgan fingerprint density at radius 3 is 2.12 bits per heavy atom. The lowest BCUT2D eigenvalue weighted by Crippen LogP contribution is -2.47. The van der Waals surface area contributed by atoms with Crippen LogP contribution in [0.1, 0.15) is 37.8 Å². The molecule has 2 nitrogen and oxygen atoms in total. The van der Waals surface area contributed by atoms with Crippen molar-refractivity contribution in [2.45, 2.75) is 45.6 Å². The van der Waals surface area contributed by atoms with E-state index in [-0.39, 0.29) is 5.78 Å². The zero-order chi connectivity index (χ0) is 12.2. The van der Waals surface area contributed by atoms with Crippen LogP contribution in [0.25, 0.3) is 0 Å². The second kappa shape index (κ2) is 5.26. The molecule has 0 atom stereocenters. The van der Waals surface area contributed by atoms with E-state index in [1.54, 1.807) is 0 Å². The molecule has 0 aliphatic carbocycles. The number of rotatable bonds is 5. The van der Waals surface area contributed by atoms with E-state index >= 15 is 0 Å². The summed E-state index contributed by atoms with van der Waals surface area (Å²) in [4.78, 5) is 12.1. The van der Waals surface area contributed by atoms with Crippen molar-refractivity contribution in [1.29, 1.82) is 0 Å². The van der Waals surface area contributed by atoms with Gasteiger partial charge in [-0.15, -0.1) is 0 Å². The first-order valence-corrected chi connectivity index (χ1v) is 5.89. The van der Waals surface area contributed by atoms with E-state index in [1.165, 1.54) is 5.56 Å². The molecule has 2 heteroatoms. The summed E-state index contributed by atoms with van der Waals surface area (Å²) in [6.45, 7) is 5.98. The Hall–Kier alpha value is -1.15. The average molecular weight is 219 g/mol. The van der Waals surface area contributed by atoms with Crippen molar-refractivity contribution >= 4 is 5.78 Å². The van der Waals surface area contributed by atoms with Crippen molar-refractivity contribution in [1.82, 2.24) is 0 Å². The molecule has 0 heterocycles. The number of hydrogen-bond acceptors (Lipinski definition) is 2.